The standard InChI is InChI=1S/C14H9F4NO/c15-8-5-6-10(12(19)7-8)13(20)9-3-1-2-4-11(9)14(16,17)18/h1-7H,19H2. The third-order valence-corrected chi connectivity index (χ3v) is 2.74. The molecule has 2 nitrogen and oxygen atoms in total. The number of ketones is 1. The van der Waals surface area contributed by atoms with Gasteiger partial charge in [-0.1, -0.05) is 18.2 Å². The quantitative estimate of drug-likeness (QED) is 0.519. The predicted molar refractivity (Wildman–Crippen MR) is 65.7 cm³/mol. The van der Waals surface area contributed by atoms with Crippen LogP contribution in [-0.2, 0) is 6.18 Å². The second-order valence-corrected chi connectivity index (χ2v) is 4.10. The topological polar surface area (TPSA) is 43.1 Å². The van der Waals surface area contributed by atoms with Crippen molar-refractivity contribution in [3.8, 4) is 0 Å². The Labute approximate surface area is 111 Å². The number of benzene rings is 2. The Kier molecular flexibility index (Phi) is 3.48. The Bertz CT molecular complexity index is 664. The second-order valence-electron chi connectivity index (χ2n) is 4.10. The molecule has 0 aromatic heterocycles. The zero-order valence-electron chi connectivity index (χ0n) is 10.0. The molecule has 0 bridgehead atoms. The zero-order valence-corrected chi connectivity index (χ0v) is 10.0. The Balaban J connectivity index is 2.55. The summed E-state index contributed by atoms with van der Waals surface area (Å²) in [6, 6.07) is 7.32. The van der Waals surface area contributed by atoms with Crippen LogP contribution in [0.5, 0.6) is 0 Å². The van der Waals surface area contributed by atoms with Gasteiger partial charge in [-0.3, -0.25) is 4.79 Å². The van der Waals surface area contributed by atoms with E-state index in [-0.39, 0.29) is 11.3 Å². The summed E-state index contributed by atoms with van der Waals surface area (Å²) in [5, 5.41) is 0. The van der Waals surface area contributed by atoms with Gasteiger partial charge in [0.2, 0.25) is 0 Å². The van der Waals surface area contributed by atoms with Crippen LogP contribution in [0.15, 0.2) is 42.5 Å². The van der Waals surface area contributed by atoms with E-state index in [4.69, 9.17) is 5.73 Å². The van der Waals surface area contributed by atoms with Gasteiger partial charge in [0.05, 0.1) is 5.56 Å². The highest BCUT2D eigenvalue weighted by molar-refractivity contribution is 6.12. The van der Waals surface area contributed by atoms with Crippen molar-refractivity contribution in [3.63, 3.8) is 0 Å². The van der Waals surface area contributed by atoms with E-state index in [1.165, 1.54) is 12.1 Å². The van der Waals surface area contributed by atoms with Crippen molar-refractivity contribution in [1.82, 2.24) is 0 Å². The minimum atomic E-state index is -4.65. The molecule has 20 heavy (non-hydrogen) atoms. The van der Waals surface area contributed by atoms with Crippen molar-refractivity contribution in [3.05, 3.63) is 65.0 Å². The smallest absolute Gasteiger partial charge is 0.398 e. The third-order valence-electron chi connectivity index (χ3n) is 2.74. The van der Waals surface area contributed by atoms with Crippen LogP contribution in [0.1, 0.15) is 21.5 Å². The average Bonchev–Trinajstić information content (AvgIpc) is 2.37. The number of nitrogen functional groups attached to an aromatic ring is 1. The third kappa shape index (κ3) is 2.64. The molecular formula is C14H9F4NO. The molecular weight excluding hydrogens is 274 g/mol. The molecule has 2 rings (SSSR count). The van der Waals surface area contributed by atoms with Gasteiger partial charge in [0.15, 0.2) is 5.78 Å². The molecule has 0 saturated heterocycles. The number of rotatable bonds is 2. The molecule has 0 saturated carbocycles. The highest BCUT2D eigenvalue weighted by Crippen LogP contribution is 2.33. The lowest BCUT2D eigenvalue weighted by atomic mass is 9.97. The van der Waals surface area contributed by atoms with Crippen molar-refractivity contribution in [2.24, 2.45) is 0 Å². The summed E-state index contributed by atoms with van der Waals surface area (Å²) in [5.41, 5.74) is 3.55. The van der Waals surface area contributed by atoms with E-state index in [0.29, 0.717) is 0 Å². The number of carbonyl (C=O) groups excluding carboxylic acids is 1. The number of nitrogens with two attached hydrogens (primary N) is 1. The molecule has 0 radical (unpaired) electrons. The van der Waals surface area contributed by atoms with Crippen LogP contribution in [0.2, 0.25) is 0 Å². The maximum absolute atomic E-state index is 12.9. The summed E-state index contributed by atoms with van der Waals surface area (Å²) in [6.45, 7) is 0. The van der Waals surface area contributed by atoms with Gasteiger partial charge in [0, 0.05) is 16.8 Å². The fourth-order valence-corrected chi connectivity index (χ4v) is 1.81. The van der Waals surface area contributed by atoms with E-state index in [0.717, 1.165) is 30.3 Å². The van der Waals surface area contributed by atoms with Crippen LogP contribution in [0, 0.1) is 5.82 Å². The van der Waals surface area contributed by atoms with Crippen LogP contribution >= 0.6 is 0 Å². The van der Waals surface area contributed by atoms with E-state index >= 15 is 0 Å². The van der Waals surface area contributed by atoms with Crippen LogP contribution < -0.4 is 5.73 Å². The van der Waals surface area contributed by atoms with Crippen molar-refractivity contribution in [2.45, 2.75) is 6.18 Å². The molecule has 0 spiro atoms. The normalized spacial score (nSPS) is 11.4. The molecule has 6 heteroatoms. The SMILES string of the molecule is Nc1cc(F)ccc1C(=O)c1ccccc1C(F)(F)F. The van der Waals surface area contributed by atoms with Crippen LogP contribution in [-0.4, -0.2) is 5.78 Å². The van der Waals surface area contributed by atoms with Crippen molar-refractivity contribution in [2.75, 3.05) is 5.73 Å². The first kappa shape index (κ1) is 14.0. The summed E-state index contributed by atoms with van der Waals surface area (Å²) in [7, 11) is 0. The molecule has 2 aromatic carbocycles. The highest BCUT2D eigenvalue weighted by atomic mass is 19.4. The zero-order chi connectivity index (χ0) is 14.9. The van der Waals surface area contributed by atoms with E-state index in [2.05, 4.69) is 0 Å². The van der Waals surface area contributed by atoms with E-state index in [1.54, 1.807) is 0 Å². The van der Waals surface area contributed by atoms with E-state index < -0.39 is 28.9 Å². The maximum Gasteiger partial charge on any atom is 0.417 e. The molecule has 0 unspecified atom stereocenters. The molecule has 0 amide bonds. The molecule has 104 valence electrons. The van der Waals surface area contributed by atoms with Gasteiger partial charge < -0.3 is 5.73 Å². The van der Waals surface area contributed by atoms with Crippen molar-refractivity contribution >= 4 is 11.5 Å². The van der Waals surface area contributed by atoms with Gasteiger partial charge >= 0.3 is 6.18 Å². The van der Waals surface area contributed by atoms with E-state index in [9.17, 15) is 22.4 Å². The van der Waals surface area contributed by atoms with Crippen molar-refractivity contribution in [1.29, 1.82) is 0 Å². The molecule has 0 fully saturated rings. The highest BCUT2D eigenvalue weighted by Gasteiger charge is 2.35. The molecule has 0 aliphatic heterocycles. The van der Waals surface area contributed by atoms with Gasteiger partial charge in [0.1, 0.15) is 5.82 Å². The Morgan fingerprint density at radius 2 is 1.65 bits per heavy atom. The molecule has 0 atom stereocenters. The Morgan fingerprint density at radius 1 is 1.00 bits per heavy atom. The first-order chi connectivity index (χ1) is 9.30. The summed E-state index contributed by atoms with van der Waals surface area (Å²) < 4.78 is 51.4. The molecule has 0 heterocycles. The van der Waals surface area contributed by atoms with Gasteiger partial charge in [-0.2, -0.15) is 13.2 Å². The van der Waals surface area contributed by atoms with Gasteiger partial charge in [0.25, 0.3) is 0 Å². The fourth-order valence-electron chi connectivity index (χ4n) is 1.81. The summed E-state index contributed by atoms with van der Waals surface area (Å²) in [5.74, 6) is -1.56. The second kappa shape index (κ2) is 4.96. The maximum atomic E-state index is 12.9. The minimum absolute atomic E-state index is 0.164. The molecule has 0 aliphatic carbocycles. The summed E-state index contributed by atoms with van der Waals surface area (Å²) in [6.07, 6.45) is -4.65. The number of hydrogen-bond acceptors (Lipinski definition) is 2. The molecule has 2 aromatic rings. The van der Waals surface area contributed by atoms with Gasteiger partial charge in [-0.05, 0) is 24.3 Å². The summed E-state index contributed by atoms with van der Waals surface area (Å²) in [4.78, 5) is 12.1. The van der Waals surface area contributed by atoms with Gasteiger partial charge in [-0.25, -0.2) is 4.39 Å². The van der Waals surface area contributed by atoms with Crippen LogP contribution in [0.3, 0.4) is 0 Å². The monoisotopic (exact) mass is 283 g/mol. The fraction of sp³-hybridized carbons (Fsp3) is 0.0714. The number of halogens is 4. The number of anilines is 1. The number of hydrogen-bond donors (Lipinski definition) is 1. The largest absolute Gasteiger partial charge is 0.417 e. The first-order valence-electron chi connectivity index (χ1n) is 5.56. The molecule has 2 N–H and O–H groups in total. The van der Waals surface area contributed by atoms with Crippen LogP contribution in [0.25, 0.3) is 0 Å². The Morgan fingerprint density at radius 3 is 2.25 bits per heavy atom. The lowest BCUT2D eigenvalue weighted by Gasteiger charge is -2.12. The lowest BCUT2D eigenvalue weighted by molar-refractivity contribution is -0.137. The lowest BCUT2D eigenvalue weighted by Crippen LogP contribution is -2.14. The summed E-state index contributed by atoms with van der Waals surface area (Å²) >= 11 is 0. The first-order valence-corrected chi connectivity index (χ1v) is 5.56. The van der Waals surface area contributed by atoms with Crippen molar-refractivity contribution < 1.29 is 22.4 Å². The average molecular weight is 283 g/mol. The van der Waals surface area contributed by atoms with E-state index in [1.807, 2.05) is 0 Å². The van der Waals surface area contributed by atoms with Crippen LogP contribution in [0.4, 0.5) is 23.2 Å². The Hall–Kier alpha value is -2.37. The number of alkyl halides is 3. The van der Waals surface area contributed by atoms with Gasteiger partial charge in [-0.15, -0.1) is 0 Å². The predicted octanol–water partition coefficient (Wildman–Crippen LogP) is 3.66. The molecule has 0 aliphatic rings. The number of carbonyl (C=O) groups is 1. The minimum Gasteiger partial charge on any atom is -0.398 e.